The number of sulfonamides is 1. The molecule has 0 spiro atoms. The van der Waals surface area contributed by atoms with Crippen molar-refractivity contribution in [2.75, 3.05) is 30.3 Å². The summed E-state index contributed by atoms with van der Waals surface area (Å²) < 4.78 is 52.1. The zero-order valence-electron chi connectivity index (χ0n) is 9.40. The minimum atomic E-state index is -3.93. The Hall–Kier alpha value is -0.860. The molecular weight excluding hydrogens is 282 g/mol. The number of thioether (sulfide) groups is 1. The zero-order chi connectivity index (χ0) is 13.3. The van der Waals surface area contributed by atoms with Crippen LogP contribution in [0.15, 0.2) is 17.0 Å². The topological polar surface area (TPSA) is 63.4 Å². The van der Waals surface area contributed by atoms with E-state index in [1.54, 1.807) is 11.8 Å². The Kier molecular flexibility index (Phi) is 3.79. The number of hydrogen-bond donors (Lipinski definition) is 1. The number of nitrogens with two attached hydrogens (primary N) is 1. The molecule has 2 rings (SSSR count). The van der Waals surface area contributed by atoms with E-state index in [4.69, 9.17) is 5.73 Å². The number of benzene rings is 1. The summed E-state index contributed by atoms with van der Waals surface area (Å²) in [5.41, 5.74) is 4.91. The van der Waals surface area contributed by atoms with Gasteiger partial charge in [-0.3, -0.25) is 0 Å². The molecule has 1 aliphatic heterocycles. The largest absolute Gasteiger partial charge is 0.396 e. The summed E-state index contributed by atoms with van der Waals surface area (Å²) >= 11 is 1.64. The second-order valence-corrected chi connectivity index (χ2v) is 6.95. The summed E-state index contributed by atoms with van der Waals surface area (Å²) in [4.78, 5) is -0.562. The third kappa shape index (κ3) is 2.45. The number of halogens is 2. The smallest absolute Gasteiger partial charge is 0.246 e. The zero-order valence-corrected chi connectivity index (χ0v) is 11.0. The van der Waals surface area contributed by atoms with Crippen molar-refractivity contribution in [3.63, 3.8) is 0 Å². The molecule has 100 valence electrons. The van der Waals surface area contributed by atoms with Crippen LogP contribution in [0.25, 0.3) is 0 Å². The van der Waals surface area contributed by atoms with Gasteiger partial charge in [-0.2, -0.15) is 16.1 Å². The predicted molar refractivity (Wildman–Crippen MR) is 66.9 cm³/mol. The Balaban J connectivity index is 2.43. The minimum Gasteiger partial charge on any atom is -0.396 e. The van der Waals surface area contributed by atoms with Crippen LogP contribution >= 0.6 is 11.8 Å². The Morgan fingerprint density at radius 3 is 2.39 bits per heavy atom. The number of nitrogens with zero attached hydrogens (tertiary/aromatic N) is 1. The van der Waals surface area contributed by atoms with Crippen molar-refractivity contribution in [1.29, 1.82) is 0 Å². The van der Waals surface area contributed by atoms with Crippen molar-refractivity contribution in [3.05, 3.63) is 23.8 Å². The van der Waals surface area contributed by atoms with Crippen LogP contribution in [0.1, 0.15) is 0 Å². The van der Waals surface area contributed by atoms with E-state index in [0.29, 0.717) is 30.7 Å². The number of anilines is 1. The highest BCUT2D eigenvalue weighted by molar-refractivity contribution is 7.99. The maximum absolute atomic E-state index is 13.6. The molecule has 1 aromatic carbocycles. The van der Waals surface area contributed by atoms with E-state index < -0.39 is 26.6 Å². The fourth-order valence-corrected chi connectivity index (χ4v) is 4.33. The summed E-state index contributed by atoms with van der Waals surface area (Å²) in [7, 11) is -3.93. The fourth-order valence-electron chi connectivity index (χ4n) is 1.67. The number of rotatable bonds is 2. The van der Waals surface area contributed by atoms with E-state index >= 15 is 0 Å². The van der Waals surface area contributed by atoms with E-state index in [1.165, 1.54) is 4.31 Å². The lowest BCUT2D eigenvalue weighted by Crippen LogP contribution is -2.38. The molecule has 0 aliphatic carbocycles. The van der Waals surface area contributed by atoms with Crippen LogP contribution in [0.5, 0.6) is 0 Å². The third-order valence-electron chi connectivity index (χ3n) is 2.64. The van der Waals surface area contributed by atoms with Crippen molar-refractivity contribution in [2.24, 2.45) is 0 Å². The quantitative estimate of drug-likeness (QED) is 0.835. The highest BCUT2D eigenvalue weighted by atomic mass is 32.2. The van der Waals surface area contributed by atoms with Gasteiger partial charge in [0.1, 0.15) is 16.5 Å². The first-order chi connectivity index (χ1) is 8.43. The van der Waals surface area contributed by atoms with Gasteiger partial charge >= 0.3 is 0 Å². The van der Waals surface area contributed by atoms with Crippen LogP contribution in [0, 0.1) is 11.6 Å². The van der Waals surface area contributed by atoms with Crippen molar-refractivity contribution in [3.8, 4) is 0 Å². The van der Waals surface area contributed by atoms with Crippen LogP contribution in [-0.4, -0.2) is 37.3 Å². The molecule has 0 saturated carbocycles. The molecule has 1 heterocycles. The van der Waals surface area contributed by atoms with Crippen molar-refractivity contribution in [2.45, 2.75) is 4.90 Å². The van der Waals surface area contributed by atoms with Crippen molar-refractivity contribution >= 4 is 27.5 Å². The highest BCUT2D eigenvalue weighted by Gasteiger charge is 2.29. The van der Waals surface area contributed by atoms with Crippen LogP contribution in [0.4, 0.5) is 14.5 Å². The van der Waals surface area contributed by atoms with Gasteiger partial charge in [-0.05, 0) is 6.07 Å². The maximum Gasteiger partial charge on any atom is 0.246 e. The summed E-state index contributed by atoms with van der Waals surface area (Å²) in [6.45, 7) is 0.646. The molecule has 2 N–H and O–H groups in total. The molecular formula is C10H12F2N2O2S2. The second kappa shape index (κ2) is 5.02. The lowest BCUT2D eigenvalue weighted by Gasteiger charge is -2.25. The van der Waals surface area contributed by atoms with Gasteiger partial charge in [0.15, 0.2) is 0 Å². The van der Waals surface area contributed by atoms with E-state index in [2.05, 4.69) is 0 Å². The van der Waals surface area contributed by atoms with Crippen molar-refractivity contribution < 1.29 is 17.2 Å². The van der Waals surface area contributed by atoms with Gasteiger partial charge in [0.25, 0.3) is 0 Å². The van der Waals surface area contributed by atoms with Gasteiger partial charge in [-0.15, -0.1) is 0 Å². The van der Waals surface area contributed by atoms with Gasteiger partial charge in [0.2, 0.25) is 10.0 Å². The molecule has 0 aromatic heterocycles. The van der Waals surface area contributed by atoms with Gasteiger partial charge in [0, 0.05) is 30.7 Å². The molecule has 0 atom stereocenters. The monoisotopic (exact) mass is 294 g/mol. The summed E-state index contributed by atoms with van der Waals surface area (Å²) in [6.07, 6.45) is 0. The molecule has 1 aliphatic rings. The average Bonchev–Trinajstić information content (AvgIpc) is 2.34. The molecule has 1 aromatic rings. The molecule has 8 heteroatoms. The molecule has 0 unspecified atom stereocenters. The van der Waals surface area contributed by atoms with Gasteiger partial charge < -0.3 is 5.73 Å². The van der Waals surface area contributed by atoms with E-state index in [9.17, 15) is 17.2 Å². The van der Waals surface area contributed by atoms with Crippen LogP contribution in [0.3, 0.4) is 0 Å². The third-order valence-corrected chi connectivity index (χ3v) is 5.50. The van der Waals surface area contributed by atoms with Crippen LogP contribution in [0.2, 0.25) is 0 Å². The van der Waals surface area contributed by atoms with Crippen molar-refractivity contribution in [1.82, 2.24) is 4.31 Å². The molecule has 1 fully saturated rings. The van der Waals surface area contributed by atoms with Crippen LogP contribution in [-0.2, 0) is 10.0 Å². The molecule has 1 saturated heterocycles. The lowest BCUT2D eigenvalue weighted by molar-refractivity contribution is 0.437. The normalized spacial score (nSPS) is 17.9. The summed E-state index contributed by atoms with van der Waals surface area (Å²) in [6, 6.07) is 1.34. The summed E-state index contributed by atoms with van der Waals surface area (Å²) in [5.74, 6) is -0.740. The summed E-state index contributed by atoms with van der Waals surface area (Å²) in [5, 5.41) is 0. The highest BCUT2D eigenvalue weighted by Crippen LogP contribution is 2.25. The van der Waals surface area contributed by atoms with E-state index in [-0.39, 0.29) is 5.69 Å². The van der Waals surface area contributed by atoms with E-state index in [1.807, 2.05) is 0 Å². The Morgan fingerprint density at radius 1 is 1.17 bits per heavy atom. The molecule has 0 radical (unpaired) electrons. The lowest BCUT2D eigenvalue weighted by atomic mass is 10.3. The first-order valence-corrected chi connectivity index (χ1v) is 7.85. The van der Waals surface area contributed by atoms with Gasteiger partial charge in [0.05, 0.1) is 5.69 Å². The predicted octanol–water partition coefficient (Wildman–Crippen LogP) is 1.28. The SMILES string of the molecule is Nc1cc(S(=O)(=O)N2CCSCC2)c(F)cc1F. The number of nitrogen functional groups attached to an aromatic ring is 1. The molecule has 0 amide bonds. The molecule has 4 nitrogen and oxygen atoms in total. The Labute approximate surface area is 108 Å². The Bertz CT molecular complexity index is 557. The maximum atomic E-state index is 13.6. The first kappa shape index (κ1) is 13.6. The van der Waals surface area contributed by atoms with Gasteiger partial charge in [-0.25, -0.2) is 17.2 Å². The average molecular weight is 294 g/mol. The second-order valence-electron chi connectivity index (χ2n) is 3.82. The minimum absolute atomic E-state index is 0.323. The van der Waals surface area contributed by atoms with Gasteiger partial charge in [-0.1, -0.05) is 0 Å². The number of hydrogen-bond acceptors (Lipinski definition) is 4. The molecule has 0 bridgehead atoms. The van der Waals surface area contributed by atoms with Crippen LogP contribution < -0.4 is 5.73 Å². The fraction of sp³-hybridized carbons (Fsp3) is 0.400. The standard InChI is InChI=1S/C10H12F2N2O2S2/c11-7-5-8(12)10(6-9(7)13)18(15,16)14-1-3-17-4-2-14/h5-6H,1-4,13H2. The van der Waals surface area contributed by atoms with E-state index in [0.717, 1.165) is 6.07 Å². The Morgan fingerprint density at radius 2 is 1.78 bits per heavy atom. The first-order valence-electron chi connectivity index (χ1n) is 5.25. The molecule has 18 heavy (non-hydrogen) atoms.